The maximum atomic E-state index is 13.6. The van der Waals surface area contributed by atoms with Crippen molar-refractivity contribution in [3.63, 3.8) is 0 Å². The molecule has 0 saturated heterocycles. The molecule has 0 unspecified atom stereocenters. The molecule has 0 saturated carbocycles. The highest BCUT2D eigenvalue weighted by Crippen LogP contribution is 2.14. The summed E-state index contributed by atoms with van der Waals surface area (Å²) in [5.74, 6) is -3.38. The smallest absolute Gasteiger partial charge is 0.243 e. The van der Waals surface area contributed by atoms with Gasteiger partial charge < -0.3 is 61.4 Å². The highest BCUT2D eigenvalue weighted by atomic mass is 16.2. The maximum Gasteiger partial charge on any atom is 0.243 e. The molecule has 0 aromatic heterocycles. The number of rotatable bonds is 38. The first-order valence-electron chi connectivity index (χ1n) is 21.9. The van der Waals surface area contributed by atoms with E-state index in [1.165, 1.54) is 83.5 Å². The Balaban J connectivity index is 4.97. The Bertz CT molecular complexity index is 1270. The first kappa shape index (κ1) is 54.2. The molecule has 0 aromatic rings. The minimum absolute atomic E-state index is 0.0813. The Hall–Kier alpha value is -4.84. The molecule has 0 spiro atoms. The lowest BCUT2D eigenvalue weighted by molar-refractivity contribution is -0.133. The predicted octanol–water partition coefficient (Wildman–Crippen LogP) is 1.24. The summed E-state index contributed by atoms with van der Waals surface area (Å²) in [4.78, 5) is 76.3. The van der Waals surface area contributed by atoms with Crippen LogP contribution in [0.15, 0.2) is 15.0 Å². The van der Waals surface area contributed by atoms with Crippen molar-refractivity contribution in [2.24, 2.45) is 55.1 Å². The summed E-state index contributed by atoms with van der Waals surface area (Å²) in [6.45, 7) is 2.47. The molecule has 19 nitrogen and oxygen atoms in total. The summed E-state index contributed by atoms with van der Waals surface area (Å²) in [6.07, 6.45) is 22.8. The summed E-state index contributed by atoms with van der Waals surface area (Å²) < 4.78 is 0. The van der Waals surface area contributed by atoms with Gasteiger partial charge in [0, 0.05) is 26.1 Å². The summed E-state index contributed by atoms with van der Waals surface area (Å²) in [5.41, 5.74) is 37.9. The van der Waals surface area contributed by atoms with Crippen LogP contribution in [0.1, 0.15) is 161 Å². The minimum atomic E-state index is -1.15. The number of aliphatic imine (C=N–C) groups is 3. The van der Waals surface area contributed by atoms with Gasteiger partial charge in [-0.3, -0.25) is 38.9 Å². The van der Waals surface area contributed by atoms with Crippen LogP contribution in [-0.2, 0) is 24.0 Å². The number of nitrogens with zero attached hydrogens (tertiary/aromatic N) is 3. The van der Waals surface area contributed by atoms with E-state index in [0.717, 1.165) is 25.7 Å². The van der Waals surface area contributed by atoms with Gasteiger partial charge in [0.1, 0.15) is 18.1 Å². The number of hydrogen-bond donors (Lipinski definition) is 11. The van der Waals surface area contributed by atoms with Crippen LogP contribution in [0.5, 0.6) is 0 Å². The Morgan fingerprint density at radius 2 is 0.763 bits per heavy atom. The van der Waals surface area contributed by atoms with Crippen LogP contribution in [0.3, 0.4) is 0 Å². The van der Waals surface area contributed by atoms with Crippen molar-refractivity contribution in [1.82, 2.24) is 21.3 Å². The van der Waals surface area contributed by atoms with Gasteiger partial charge in [-0.2, -0.15) is 0 Å². The summed E-state index contributed by atoms with van der Waals surface area (Å²) >= 11 is 0. The van der Waals surface area contributed by atoms with Crippen LogP contribution in [0.2, 0.25) is 0 Å². The van der Waals surface area contributed by atoms with Crippen LogP contribution in [0, 0.1) is 0 Å². The van der Waals surface area contributed by atoms with Crippen molar-refractivity contribution in [3.05, 3.63) is 0 Å². The molecular weight excluding hydrogens is 757 g/mol. The van der Waals surface area contributed by atoms with E-state index in [1.807, 2.05) is 0 Å². The van der Waals surface area contributed by atoms with E-state index in [4.69, 9.17) is 40.1 Å². The standard InChI is InChI=1S/C40H80N14O5/c1-2-3-4-5-6-7-8-9-10-11-12-13-14-15-16-17-18-25-33(55)51-29-34(56)52-31(23-20-27-49-39(44)45)36(58)54-32(24-21-28-50-40(46)47)37(59)53-30(35(41)57)22-19-26-48-38(42)43/h30-32H,2-29H2,1H3,(H2,41,57)(H,51,55)(H,52,56)(H,53,59)(H,54,58)(H4,42,43,48)(H4,44,45,49)(H4,46,47,50)/t30-,31-,32-/m0/s1. The molecule has 59 heavy (non-hydrogen) atoms. The Labute approximate surface area is 352 Å². The molecule has 340 valence electrons. The molecule has 19 heteroatoms. The lowest BCUT2D eigenvalue weighted by Crippen LogP contribution is -2.57. The summed E-state index contributed by atoms with van der Waals surface area (Å²) in [6, 6.07) is -3.34. The molecule has 18 N–H and O–H groups in total. The fourth-order valence-corrected chi connectivity index (χ4v) is 6.40. The van der Waals surface area contributed by atoms with E-state index in [2.05, 4.69) is 43.2 Å². The van der Waals surface area contributed by atoms with Gasteiger partial charge in [-0.05, 0) is 44.9 Å². The third-order valence-corrected chi connectivity index (χ3v) is 9.73. The SMILES string of the molecule is CCCCCCCCCCCCCCCCCCCC(=O)NCC(=O)N[C@@H](CCCN=C(N)N)C(=O)N[C@@H](CCCN=C(N)N)C(=O)N[C@@H](CCCN=C(N)N)C(N)=O. The normalized spacial score (nSPS) is 12.3. The van der Waals surface area contributed by atoms with E-state index in [0.29, 0.717) is 19.3 Å². The van der Waals surface area contributed by atoms with Crippen molar-refractivity contribution in [3.8, 4) is 0 Å². The van der Waals surface area contributed by atoms with E-state index in [1.54, 1.807) is 0 Å². The van der Waals surface area contributed by atoms with Gasteiger partial charge >= 0.3 is 0 Å². The molecule has 0 aromatic carbocycles. The van der Waals surface area contributed by atoms with Crippen LogP contribution in [0.4, 0.5) is 0 Å². The van der Waals surface area contributed by atoms with Crippen LogP contribution < -0.4 is 61.4 Å². The number of carbonyl (C=O) groups excluding carboxylic acids is 5. The van der Waals surface area contributed by atoms with E-state index in [-0.39, 0.29) is 75.6 Å². The molecule has 3 atom stereocenters. The topological polar surface area (TPSA) is 353 Å². The quantitative estimate of drug-likeness (QED) is 0.0239. The minimum Gasteiger partial charge on any atom is -0.370 e. The van der Waals surface area contributed by atoms with Crippen molar-refractivity contribution in [2.75, 3.05) is 26.2 Å². The van der Waals surface area contributed by atoms with Gasteiger partial charge in [-0.1, -0.05) is 110 Å². The van der Waals surface area contributed by atoms with E-state index < -0.39 is 41.8 Å². The highest BCUT2D eigenvalue weighted by molar-refractivity contribution is 5.94. The van der Waals surface area contributed by atoms with E-state index in [9.17, 15) is 24.0 Å². The monoisotopic (exact) mass is 837 g/mol. The third-order valence-electron chi connectivity index (χ3n) is 9.73. The number of nitrogens with one attached hydrogen (secondary N) is 4. The molecular formula is C40H80N14O5. The number of primary amides is 1. The first-order valence-corrected chi connectivity index (χ1v) is 21.9. The maximum absolute atomic E-state index is 13.6. The zero-order valence-electron chi connectivity index (χ0n) is 36.0. The van der Waals surface area contributed by atoms with Crippen LogP contribution in [-0.4, -0.2) is 91.7 Å². The fraction of sp³-hybridized carbons (Fsp3) is 0.800. The van der Waals surface area contributed by atoms with Crippen molar-refractivity contribution in [2.45, 2.75) is 179 Å². The third kappa shape index (κ3) is 33.8. The van der Waals surface area contributed by atoms with Gasteiger partial charge in [0.2, 0.25) is 29.5 Å². The van der Waals surface area contributed by atoms with Crippen molar-refractivity contribution in [1.29, 1.82) is 0 Å². The van der Waals surface area contributed by atoms with Crippen LogP contribution in [0.25, 0.3) is 0 Å². The molecule has 5 amide bonds. The second kappa shape index (κ2) is 36.3. The highest BCUT2D eigenvalue weighted by Gasteiger charge is 2.29. The Morgan fingerprint density at radius 3 is 1.14 bits per heavy atom. The number of amides is 5. The molecule has 0 radical (unpaired) electrons. The Kier molecular flexibility index (Phi) is 33.3. The zero-order chi connectivity index (χ0) is 44.1. The average Bonchev–Trinajstić information content (AvgIpc) is 3.18. The molecule has 0 aliphatic carbocycles. The number of nitrogens with two attached hydrogens (primary N) is 7. The molecule has 0 heterocycles. The number of carbonyl (C=O) groups is 5. The van der Waals surface area contributed by atoms with E-state index >= 15 is 0 Å². The lowest BCUT2D eigenvalue weighted by Gasteiger charge is -2.25. The first-order chi connectivity index (χ1) is 28.3. The molecule has 0 rings (SSSR count). The number of hydrogen-bond acceptors (Lipinski definition) is 8. The van der Waals surface area contributed by atoms with Gasteiger partial charge in [0.25, 0.3) is 0 Å². The predicted molar refractivity (Wildman–Crippen MR) is 237 cm³/mol. The number of guanidine groups is 3. The average molecular weight is 837 g/mol. The van der Waals surface area contributed by atoms with Gasteiger partial charge in [-0.15, -0.1) is 0 Å². The molecule has 0 aliphatic heterocycles. The molecule has 0 aliphatic rings. The largest absolute Gasteiger partial charge is 0.370 e. The molecule has 0 fully saturated rings. The Morgan fingerprint density at radius 1 is 0.424 bits per heavy atom. The van der Waals surface area contributed by atoms with Crippen molar-refractivity contribution >= 4 is 47.4 Å². The van der Waals surface area contributed by atoms with Crippen molar-refractivity contribution < 1.29 is 24.0 Å². The van der Waals surface area contributed by atoms with Gasteiger partial charge in [-0.25, -0.2) is 0 Å². The lowest BCUT2D eigenvalue weighted by atomic mass is 10.0. The van der Waals surface area contributed by atoms with Gasteiger partial charge in [0.05, 0.1) is 6.54 Å². The summed E-state index contributed by atoms with van der Waals surface area (Å²) in [7, 11) is 0. The van der Waals surface area contributed by atoms with Gasteiger partial charge in [0.15, 0.2) is 17.9 Å². The second-order valence-corrected chi connectivity index (χ2v) is 15.2. The second-order valence-electron chi connectivity index (χ2n) is 15.2. The molecule has 0 bridgehead atoms. The van der Waals surface area contributed by atoms with Crippen LogP contribution >= 0.6 is 0 Å². The zero-order valence-corrected chi connectivity index (χ0v) is 36.0. The summed E-state index contributed by atoms with van der Waals surface area (Å²) in [5, 5.41) is 10.5. The fourth-order valence-electron chi connectivity index (χ4n) is 6.40. The number of unbranched alkanes of at least 4 members (excludes halogenated alkanes) is 16.